The first-order valence-electron chi connectivity index (χ1n) is 4.96. The van der Waals surface area contributed by atoms with E-state index in [1.54, 1.807) is 0 Å². The molecule has 0 saturated carbocycles. The van der Waals surface area contributed by atoms with Gasteiger partial charge in [0.15, 0.2) is 0 Å². The normalized spacial score (nSPS) is 22.3. The van der Waals surface area contributed by atoms with Crippen LogP contribution in [-0.2, 0) is 0 Å². The first-order chi connectivity index (χ1) is 6.77. The van der Waals surface area contributed by atoms with Gasteiger partial charge in [-0.25, -0.2) is 0 Å². The third-order valence-electron chi connectivity index (χ3n) is 2.64. The van der Waals surface area contributed by atoms with Gasteiger partial charge in [-0.2, -0.15) is 0 Å². The van der Waals surface area contributed by atoms with Gasteiger partial charge < -0.3 is 5.32 Å². The lowest BCUT2D eigenvalue weighted by molar-refractivity contribution is 0.411. The van der Waals surface area contributed by atoms with E-state index in [-0.39, 0.29) is 0 Å². The third kappa shape index (κ3) is 2.49. The Kier molecular flexibility index (Phi) is 3.85. The lowest BCUT2D eigenvalue weighted by Gasteiger charge is -2.24. The summed E-state index contributed by atoms with van der Waals surface area (Å²) in [4.78, 5) is 0. The fourth-order valence-electron chi connectivity index (χ4n) is 1.90. The van der Waals surface area contributed by atoms with E-state index in [9.17, 15) is 0 Å². The first-order valence-corrected chi connectivity index (χ1v) is 6.83. The summed E-state index contributed by atoms with van der Waals surface area (Å²) < 4.78 is 2.55. The maximum atomic E-state index is 3.62. The van der Waals surface area contributed by atoms with Crippen molar-refractivity contribution >= 4 is 38.5 Å². The molecule has 0 bridgehead atoms. The predicted molar refractivity (Wildman–Crippen MR) is 71.5 cm³/mol. The Hall–Kier alpha value is 0.390. The van der Waals surface area contributed by atoms with Gasteiger partial charge in [-0.05, 0) is 65.7 Å². The molecule has 0 aromatic heterocycles. The number of rotatable bonds is 1. The van der Waals surface area contributed by atoms with Crippen LogP contribution < -0.4 is 5.32 Å². The van der Waals surface area contributed by atoms with Crippen molar-refractivity contribution < 1.29 is 0 Å². The highest BCUT2D eigenvalue weighted by molar-refractivity contribution is 14.1. The van der Waals surface area contributed by atoms with Crippen LogP contribution in [0.3, 0.4) is 0 Å². The van der Waals surface area contributed by atoms with E-state index in [0.29, 0.717) is 6.04 Å². The van der Waals surface area contributed by atoms with Gasteiger partial charge in [-0.1, -0.05) is 22.4 Å². The van der Waals surface area contributed by atoms with Crippen molar-refractivity contribution in [1.82, 2.24) is 5.32 Å². The number of piperidine rings is 1. The van der Waals surface area contributed by atoms with Gasteiger partial charge in [-0.15, -0.1) is 0 Å². The zero-order chi connectivity index (χ0) is 9.97. The zero-order valence-electron chi connectivity index (χ0n) is 7.89. The molecule has 0 aliphatic carbocycles. The van der Waals surface area contributed by atoms with Crippen LogP contribution in [-0.4, -0.2) is 6.54 Å². The van der Waals surface area contributed by atoms with Gasteiger partial charge >= 0.3 is 0 Å². The molecule has 0 radical (unpaired) electrons. The van der Waals surface area contributed by atoms with Crippen LogP contribution in [0.5, 0.6) is 0 Å². The molecule has 1 aromatic rings. The molecule has 3 heteroatoms. The second kappa shape index (κ2) is 4.94. The molecule has 2 rings (SSSR count). The molecule has 1 fully saturated rings. The molecule has 1 aliphatic heterocycles. The highest BCUT2D eigenvalue weighted by Gasteiger charge is 2.16. The van der Waals surface area contributed by atoms with Crippen molar-refractivity contribution in [2.75, 3.05) is 6.54 Å². The molecule has 1 heterocycles. The highest BCUT2D eigenvalue weighted by atomic mass is 127. The maximum Gasteiger partial charge on any atom is 0.0331 e. The fraction of sp³-hybridized carbons (Fsp3) is 0.455. The molecule has 0 unspecified atom stereocenters. The largest absolute Gasteiger partial charge is 0.310 e. The predicted octanol–water partition coefficient (Wildman–Crippen LogP) is 3.87. The topological polar surface area (TPSA) is 12.0 Å². The van der Waals surface area contributed by atoms with Crippen molar-refractivity contribution in [1.29, 1.82) is 0 Å². The summed E-state index contributed by atoms with van der Waals surface area (Å²) in [7, 11) is 0. The second-order valence-electron chi connectivity index (χ2n) is 3.67. The van der Waals surface area contributed by atoms with Crippen LogP contribution >= 0.6 is 38.5 Å². The molecule has 1 aliphatic rings. The second-order valence-corrected chi connectivity index (χ2v) is 5.77. The van der Waals surface area contributed by atoms with Gasteiger partial charge in [-0.3, -0.25) is 0 Å². The summed E-state index contributed by atoms with van der Waals surface area (Å²) in [5.74, 6) is 0. The van der Waals surface area contributed by atoms with Crippen molar-refractivity contribution in [3.05, 3.63) is 31.8 Å². The molecular formula is C11H13BrIN. The van der Waals surface area contributed by atoms with Gasteiger partial charge in [0.05, 0.1) is 0 Å². The van der Waals surface area contributed by atoms with Crippen molar-refractivity contribution in [2.45, 2.75) is 25.3 Å². The monoisotopic (exact) mass is 365 g/mol. The summed E-state index contributed by atoms with van der Waals surface area (Å²) in [6.45, 7) is 1.16. The summed E-state index contributed by atoms with van der Waals surface area (Å²) in [6.07, 6.45) is 3.92. The minimum absolute atomic E-state index is 0.549. The van der Waals surface area contributed by atoms with Crippen molar-refractivity contribution in [3.63, 3.8) is 0 Å². The first kappa shape index (κ1) is 10.9. The Bertz CT molecular complexity index is 321. The molecule has 1 saturated heterocycles. The lowest BCUT2D eigenvalue weighted by Crippen LogP contribution is -2.27. The SMILES string of the molecule is Brc1ccc(I)cc1[C@H]1CCCCN1. The summed E-state index contributed by atoms with van der Waals surface area (Å²) in [5, 5.41) is 3.57. The number of benzene rings is 1. The maximum absolute atomic E-state index is 3.62. The molecule has 14 heavy (non-hydrogen) atoms. The lowest BCUT2D eigenvalue weighted by atomic mass is 9.98. The van der Waals surface area contributed by atoms with Crippen LogP contribution in [0.4, 0.5) is 0 Å². The zero-order valence-corrected chi connectivity index (χ0v) is 11.6. The van der Waals surface area contributed by atoms with E-state index >= 15 is 0 Å². The summed E-state index contributed by atoms with van der Waals surface area (Å²) in [5.41, 5.74) is 1.41. The Morgan fingerprint density at radius 2 is 2.21 bits per heavy atom. The Labute approximate surface area is 107 Å². The van der Waals surface area contributed by atoms with Crippen LogP contribution in [0.1, 0.15) is 30.9 Å². The van der Waals surface area contributed by atoms with Crippen molar-refractivity contribution in [2.24, 2.45) is 0 Å². The molecule has 1 atom stereocenters. The van der Waals surface area contributed by atoms with E-state index in [1.807, 2.05) is 0 Å². The highest BCUT2D eigenvalue weighted by Crippen LogP contribution is 2.30. The van der Waals surface area contributed by atoms with Crippen LogP contribution in [0.25, 0.3) is 0 Å². The van der Waals surface area contributed by atoms with Crippen LogP contribution in [0.15, 0.2) is 22.7 Å². The quantitative estimate of drug-likeness (QED) is 0.745. The fourth-order valence-corrected chi connectivity index (χ4v) is 2.94. The summed E-state index contributed by atoms with van der Waals surface area (Å²) in [6, 6.07) is 7.10. The summed E-state index contributed by atoms with van der Waals surface area (Å²) >= 11 is 5.99. The molecule has 0 amide bonds. The molecule has 0 spiro atoms. The van der Waals surface area contributed by atoms with E-state index in [4.69, 9.17) is 0 Å². The smallest absolute Gasteiger partial charge is 0.0331 e. The number of nitrogens with one attached hydrogen (secondary N) is 1. The van der Waals surface area contributed by atoms with Crippen LogP contribution in [0.2, 0.25) is 0 Å². The minimum atomic E-state index is 0.549. The minimum Gasteiger partial charge on any atom is -0.310 e. The molecule has 76 valence electrons. The average molecular weight is 366 g/mol. The van der Waals surface area contributed by atoms with Crippen molar-refractivity contribution in [3.8, 4) is 0 Å². The number of hydrogen-bond donors (Lipinski definition) is 1. The Morgan fingerprint density at radius 1 is 1.36 bits per heavy atom. The number of hydrogen-bond acceptors (Lipinski definition) is 1. The number of halogens is 2. The van der Waals surface area contributed by atoms with E-state index < -0.39 is 0 Å². The van der Waals surface area contributed by atoms with Gasteiger partial charge in [0, 0.05) is 14.1 Å². The van der Waals surface area contributed by atoms with Crippen LogP contribution in [0, 0.1) is 3.57 Å². The van der Waals surface area contributed by atoms with Gasteiger partial charge in [0.1, 0.15) is 0 Å². The van der Waals surface area contributed by atoms with Gasteiger partial charge in [0.2, 0.25) is 0 Å². The van der Waals surface area contributed by atoms with E-state index in [0.717, 1.165) is 6.54 Å². The third-order valence-corrected chi connectivity index (χ3v) is 4.04. The Balaban J connectivity index is 2.24. The molecule has 1 N–H and O–H groups in total. The Morgan fingerprint density at radius 3 is 2.93 bits per heavy atom. The molecule has 1 nitrogen and oxygen atoms in total. The molecular weight excluding hydrogens is 353 g/mol. The van der Waals surface area contributed by atoms with E-state index in [1.165, 1.54) is 32.9 Å². The molecule has 1 aromatic carbocycles. The average Bonchev–Trinajstić information content (AvgIpc) is 2.23. The van der Waals surface area contributed by atoms with E-state index in [2.05, 4.69) is 62.0 Å². The standard InChI is InChI=1S/C11H13BrIN/c12-10-5-4-8(13)7-9(10)11-3-1-2-6-14-11/h4-5,7,11,14H,1-3,6H2/t11-/m1/s1. The van der Waals surface area contributed by atoms with Gasteiger partial charge in [0.25, 0.3) is 0 Å².